The SMILES string of the molecule is CC(C)(C)N1C(=O)COc2ccc(Br)cc21. The maximum Gasteiger partial charge on any atom is 0.265 e. The van der Waals surface area contributed by atoms with Crippen molar-refractivity contribution in [1.82, 2.24) is 0 Å². The average molecular weight is 284 g/mol. The molecule has 3 nitrogen and oxygen atoms in total. The van der Waals surface area contributed by atoms with Crippen LogP contribution in [0.2, 0.25) is 0 Å². The second-order valence-corrected chi connectivity index (χ2v) is 5.72. The number of ether oxygens (including phenoxy) is 1. The van der Waals surface area contributed by atoms with Crippen LogP contribution in [-0.4, -0.2) is 18.1 Å². The van der Waals surface area contributed by atoms with Crippen LogP contribution in [0.25, 0.3) is 0 Å². The minimum absolute atomic E-state index is 0.00176. The summed E-state index contributed by atoms with van der Waals surface area (Å²) in [5.41, 5.74) is 0.592. The number of hydrogen-bond donors (Lipinski definition) is 0. The second-order valence-electron chi connectivity index (χ2n) is 4.80. The van der Waals surface area contributed by atoms with Crippen LogP contribution in [0.4, 0.5) is 5.69 Å². The number of benzene rings is 1. The molecule has 0 unspecified atom stereocenters. The van der Waals surface area contributed by atoms with Crippen LogP contribution >= 0.6 is 15.9 Å². The largest absolute Gasteiger partial charge is 0.482 e. The van der Waals surface area contributed by atoms with Crippen molar-refractivity contribution in [2.24, 2.45) is 0 Å². The van der Waals surface area contributed by atoms with Crippen molar-refractivity contribution in [3.63, 3.8) is 0 Å². The lowest BCUT2D eigenvalue weighted by molar-refractivity contribution is -0.122. The summed E-state index contributed by atoms with van der Waals surface area (Å²) < 4.78 is 6.35. The van der Waals surface area contributed by atoms with Gasteiger partial charge in [0.05, 0.1) is 5.69 Å². The highest BCUT2D eigenvalue weighted by Gasteiger charge is 2.33. The van der Waals surface area contributed by atoms with E-state index >= 15 is 0 Å². The molecular weight excluding hydrogens is 270 g/mol. The fraction of sp³-hybridized carbons (Fsp3) is 0.417. The molecule has 0 atom stereocenters. The molecule has 86 valence electrons. The van der Waals surface area contributed by atoms with Crippen LogP contribution in [0.15, 0.2) is 22.7 Å². The van der Waals surface area contributed by atoms with Gasteiger partial charge in [0.2, 0.25) is 0 Å². The van der Waals surface area contributed by atoms with E-state index in [1.54, 1.807) is 4.90 Å². The van der Waals surface area contributed by atoms with Crippen molar-refractivity contribution in [3.8, 4) is 5.75 Å². The molecule has 0 aromatic heterocycles. The van der Waals surface area contributed by atoms with Gasteiger partial charge in [-0.3, -0.25) is 4.79 Å². The summed E-state index contributed by atoms with van der Waals surface area (Å²) in [4.78, 5) is 13.7. The lowest BCUT2D eigenvalue weighted by atomic mass is 10.0. The Morgan fingerprint density at radius 3 is 2.69 bits per heavy atom. The van der Waals surface area contributed by atoms with Crippen molar-refractivity contribution >= 4 is 27.5 Å². The molecule has 0 N–H and O–H groups in total. The fourth-order valence-electron chi connectivity index (χ4n) is 1.86. The first kappa shape index (κ1) is 11.5. The molecule has 0 bridgehead atoms. The second kappa shape index (κ2) is 3.77. The Labute approximate surface area is 104 Å². The van der Waals surface area contributed by atoms with Crippen LogP contribution < -0.4 is 9.64 Å². The number of hydrogen-bond acceptors (Lipinski definition) is 2. The topological polar surface area (TPSA) is 29.5 Å². The molecule has 1 amide bonds. The first-order valence-corrected chi connectivity index (χ1v) is 5.94. The van der Waals surface area contributed by atoms with Gasteiger partial charge in [-0.15, -0.1) is 0 Å². The number of halogens is 1. The standard InChI is InChI=1S/C12H14BrNO2/c1-12(2,3)14-9-6-8(13)4-5-10(9)16-7-11(14)15/h4-6H,7H2,1-3H3. The molecule has 0 saturated heterocycles. The molecular formula is C12H14BrNO2. The molecule has 1 aromatic carbocycles. The van der Waals surface area contributed by atoms with E-state index in [1.165, 1.54) is 0 Å². The molecule has 0 spiro atoms. The van der Waals surface area contributed by atoms with E-state index in [0.29, 0.717) is 0 Å². The van der Waals surface area contributed by atoms with Crippen molar-refractivity contribution in [2.45, 2.75) is 26.3 Å². The van der Waals surface area contributed by atoms with Crippen molar-refractivity contribution in [3.05, 3.63) is 22.7 Å². The number of carbonyl (C=O) groups is 1. The minimum atomic E-state index is -0.240. The lowest BCUT2D eigenvalue weighted by Crippen LogP contribution is -2.50. The van der Waals surface area contributed by atoms with Gasteiger partial charge in [0.15, 0.2) is 6.61 Å². The van der Waals surface area contributed by atoms with Gasteiger partial charge in [0, 0.05) is 10.0 Å². The number of nitrogens with zero attached hydrogens (tertiary/aromatic N) is 1. The molecule has 1 aliphatic rings. The molecule has 4 heteroatoms. The normalized spacial score (nSPS) is 15.8. The first-order chi connectivity index (χ1) is 7.39. The maximum absolute atomic E-state index is 11.9. The van der Waals surface area contributed by atoms with E-state index < -0.39 is 0 Å². The van der Waals surface area contributed by atoms with E-state index in [-0.39, 0.29) is 18.1 Å². The lowest BCUT2D eigenvalue weighted by Gasteiger charge is -2.39. The van der Waals surface area contributed by atoms with Gasteiger partial charge >= 0.3 is 0 Å². The summed E-state index contributed by atoms with van der Waals surface area (Å²) in [6, 6.07) is 5.71. The third-order valence-electron chi connectivity index (χ3n) is 2.43. The smallest absolute Gasteiger partial charge is 0.265 e. The third kappa shape index (κ3) is 1.94. The monoisotopic (exact) mass is 283 g/mol. The Hall–Kier alpha value is -1.03. The van der Waals surface area contributed by atoms with Crippen LogP contribution in [0.3, 0.4) is 0 Å². The number of amides is 1. The zero-order valence-corrected chi connectivity index (χ0v) is 11.2. The zero-order valence-electron chi connectivity index (χ0n) is 9.58. The quantitative estimate of drug-likeness (QED) is 0.733. The van der Waals surface area contributed by atoms with Crippen LogP contribution in [-0.2, 0) is 4.79 Å². The predicted octanol–water partition coefficient (Wildman–Crippen LogP) is 2.97. The molecule has 0 aliphatic carbocycles. The number of anilines is 1. The van der Waals surface area contributed by atoms with Gasteiger partial charge in [-0.1, -0.05) is 15.9 Å². The van der Waals surface area contributed by atoms with Crippen LogP contribution in [0.5, 0.6) is 5.75 Å². The third-order valence-corrected chi connectivity index (χ3v) is 2.93. The van der Waals surface area contributed by atoms with Gasteiger partial charge in [0.1, 0.15) is 5.75 Å². The highest BCUT2D eigenvalue weighted by atomic mass is 79.9. The van der Waals surface area contributed by atoms with E-state index in [0.717, 1.165) is 15.9 Å². The van der Waals surface area contributed by atoms with Gasteiger partial charge in [-0.25, -0.2) is 0 Å². The molecule has 0 saturated carbocycles. The molecule has 16 heavy (non-hydrogen) atoms. The zero-order chi connectivity index (χ0) is 11.9. The first-order valence-electron chi connectivity index (χ1n) is 5.15. The summed E-state index contributed by atoms with van der Waals surface area (Å²) in [5.74, 6) is 0.760. The van der Waals surface area contributed by atoms with Gasteiger partial charge in [-0.2, -0.15) is 0 Å². The number of carbonyl (C=O) groups excluding carboxylic acids is 1. The molecule has 1 aromatic rings. The molecule has 0 fully saturated rings. The van der Waals surface area contributed by atoms with Gasteiger partial charge in [-0.05, 0) is 39.0 Å². The van der Waals surface area contributed by atoms with E-state index in [1.807, 2.05) is 39.0 Å². The Kier molecular flexibility index (Phi) is 2.70. The Morgan fingerprint density at radius 1 is 1.38 bits per heavy atom. The van der Waals surface area contributed by atoms with Crippen molar-refractivity contribution < 1.29 is 9.53 Å². The van der Waals surface area contributed by atoms with Crippen molar-refractivity contribution in [2.75, 3.05) is 11.5 Å². The highest BCUT2D eigenvalue weighted by Crippen LogP contribution is 2.38. The molecule has 1 aliphatic heterocycles. The van der Waals surface area contributed by atoms with Gasteiger partial charge in [0.25, 0.3) is 5.91 Å². The predicted molar refractivity (Wildman–Crippen MR) is 66.9 cm³/mol. The van der Waals surface area contributed by atoms with E-state index in [9.17, 15) is 4.79 Å². The Morgan fingerprint density at radius 2 is 2.06 bits per heavy atom. The minimum Gasteiger partial charge on any atom is -0.482 e. The number of rotatable bonds is 0. The van der Waals surface area contributed by atoms with E-state index in [2.05, 4.69) is 15.9 Å². The summed E-state index contributed by atoms with van der Waals surface area (Å²) in [7, 11) is 0. The summed E-state index contributed by atoms with van der Waals surface area (Å²) in [5, 5.41) is 0. The summed E-state index contributed by atoms with van der Waals surface area (Å²) in [6.45, 7) is 6.16. The summed E-state index contributed by atoms with van der Waals surface area (Å²) in [6.07, 6.45) is 0. The molecule has 1 heterocycles. The Balaban J connectivity index is 2.55. The van der Waals surface area contributed by atoms with Crippen molar-refractivity contribution in [1.29, 1.82) is 0 Å². The van der Waals surface area contributed by atoms with Crippen LogP contribution in [0, 0.1) is 0 Å². The molecule has 0 radical (unpaired) electrons. The average Bonchev–Trinajstić information content (AvgIpc) is 2.14. The summed E-state index contributed by atoms with van der Waals surface area (Å²) >= 11 is 3.41. The maximum atomic E-state index is 11.9. The fourth-order valence-corrected chi connectivity index (χ4v) is 2.21. The van der Waals surface area contributed by atoms with Gasteiger partial charge < -0.3 is 9.64 Å². The molecule has 2 rings (SSSR count). The van der Waals surface area contributed by atoms with Crippen LogP contribution in [0.1, 0.15) is 20.8 Å². The van der Waals surface area contributed by atoms with E-state index in [4.69, 9.17) is 4.74 Å². The highest BCUT2D eigenvalue weighted by molar-refractivity contribution is 9.10. The number of fused-ring (bicyclic) bond motifs is 1. The Bertz CT molecular complexity index is 437.